The number of hydrogen-bond acceptors (Lipinski definition) is 1. The molecule has 1 nitrogen and oxygen atoms in total. The number of halogens is 3. The second kappa shape index (κ2) is 6.33. The third-order valence-corrected chi connectivity index (χ3v) is 3.59. The summed E-state index contributed by atoms with van der Waals surface area (Å²) in [5.74, 6) is -0.730. The second-order valence-electron chi connectivity index (χ2n) is 4.87. The average Bonchev–Trinajstić information content (AvgIpc) is 2.37. The summed E-state index contributed by atoms with van der Waals surface area (Å²) < 4.78 is 26.1. The lowest BCUT2D eigenvalue weighted by molar-refractivity contribution is 0.175. The number of benzene rings is 2. The van der Waals surface area contributed by atoms with Crippen LogP contribution < -0.4 is 0 Å². The fourth-order valence-corrected chi connectivity index (χ4v) is 2.37. The maximum Gasteiger partial charge on any atom is 0.124 e. The molecule has 2 aromatic rings. The van der Waals surface area contributed by atoms with Crippen LogP contribution in [0, 0.1) is 18.6 Å². The molecule has 0 bridgehead atoms. The predicted octanol–water partition coefficient (Wildman–Crippen LogP) is 4.07. The van der Waals surface area contributed by atoms with Gasteiger partial charge in [-0.05, 0) is 54.3 Å². The zero-order chi connectivity index (χ0) is 14.7. The Labute approximate surface area is 121 Å². The Hall–Kier alpha value is -1.45. The SMILES string of the molecule is Cc1ccc(F)cc1CC(O)Cc1ccc(F)cc1Cl. The highest BCUT2D eigenvalue weighted by Crippen LogP contribution is 2.20. The van der Waals surface area contributed by atoms with Crippen molar-refractivity contribution in [2.45, 2.75) is 25.9 Å². The van der Waals surface area contributed by atoms with E-state index in [-0.39, 0.29) is 5.82 Å². The molecule has 4 heteroatoms. The number of aliphatic hydroxyl groups is 1. The van der Waals surface area contributed by atoms with Gasteiger partial charge in [-0.15, -0.1) is 0 Å². The third-order valence-electron chi connectivity index (χ3n) is 3.24. The molecule has 2 aromatic carbocycles. The zero-order valence-corrected chi connectivity index (χ0v) is 11.8. The van der Waals surface area contributed by atoms with Crippen LogP contribution >= 0.6 is 11.6 Å². The van der Waals surface area contributed by atoms with E-state index in [0.29, 0.717) is 23.4 Å². The van der Waals surface area contributed by atoms with Crippen molar-refractivity contribution in [2.24, 2.45) is 0 Å². The minimum atomic E-state index is -0.696. The van der Waals surface area contributed by atoms with Crippen molar-refractivity contribution in [1.82, 2.24) is 0 Å². The lowest BCUT2D eigenvalue weighted by Gasteiger charge is -2.13. The predicted molar refractivity (Wildman–Crippen MR) is 76.0 cm³/mol. The lowest BCUT2D eigenvalue weighted by Crippen LogP contribution is -2.15. The zero-order valence-electron chi connectivity index (χ0n) is 11.0. The minimum absolute atomic E-state index is 0.292. The van der Waals surface area contributed by atoms with Crippen molar-refractivity contribution in [3.05, 3.63) is 69.7 Å². The molecule has 0 aliphatic carbocycles. The van der Waals surface area contributed by atoms with Crippen LogP contribution in [0.15, 0.2) is 36.4 Å². The van der Waals surface area contributed by atoms with Crippen molar-refractivity contribution in [1.29, 1.82) is 0 Å². The van der Waals surface area contributed by atoms with Crippen molar-refractivity contribution in [3.8, 4) is 0 Å². The largest absolute Gasteiger partial charge is 0.392 e. The van der Waals surface area contributed by atoms with Crippen LogP contribution in [0.4, 0.5) is 8.78 Å². The van der Waals surface area contributed by atoms with Gasteiger partial charge >= 0.3 is 0 Å². The molecule has 0 saturated carbocycles. The molecule has 1 N–H and O–H groups in total. The lowest BCUT2D eigenvalue weighted by atomic mass is 9.98. The van der Waals surface area contributed by atoms with E-state index in [2.05, 4.69) is 0 Å². The van der Waals surface area contributed by atoms with Gasteiger partial charge in [0.1, 0.15) is 11.6 Å². The molecule has 0 heterocycles. The van der Waals surface area contributed by atoms with Gasteiger partial charge < -0.3 is 5.11 Å². The first kappa shape index (κ1) is 14.9. The first-order valence-electron chi connectivity index (χ1n) is 6.32. The normalized spacial score (nSPS) is 12.4. The molecule has 0 amide bonds. The smallest absolute Gasteiger partial charge is 0.124 e. The van der Waals surface area contributed by atoms with Gasteiger partial charge in [-0.2, -0.15) is 0 Å². The molecule has 0 fully saturated rings. The van der Waals surface area contributed by atoms with Gasteiger partial charge in [-0.1, -0.05) is 23.7 Å². The fraction of sp³-hybridized carbons (Fsp3) is 0.250. The number of aliphatic hydroxyl groups excluding tert-OH is 1. The van der Waals surface area contributed by atoms with E-state index < -0.39 is 11.9 Å². The van der Waals surface area contributed by atoms with E-state index in [1.165, 1.54) is 24.3 Å². The molecule has 0 radical (unpaired) electrons. The van der Waals surface area contributed by atoms with E-state index in [0.717, 1.165) is 11.1 Å². The van der Waals surface area contributed by atoms with Crippen LogP contribution in [0.25, 0.3) is 0 Å². The van der Waals surface area contributed by atoms with Gasteiger partial charge in [0, 0.05) is 11.4 Å². The standard InChI is InChI=1S/C16H15ClF2O/c1-10-2-4-13(18)6-12(10)8-15(20)7-11-3-5-14(19)9-16(11)17/h2-6,9,15,20H,7-8H2,1H3. The summed E-state index contributed by atoms with van der Waals surface area (Å²) in [4.78, 5) is 0. The summed E-state index contributed by atoms with van der Waals surface area (Å²) in [7, 11) is 0. The summed E-state index contributed by atoms with van der Waals surface area (Å²) in [6.07, 6.45) is -0.0646. The van der Waals surface area contributed by atoms with Crippen LogP contribution in [0.1, 0.15) is 16.7 Å². The van der Waals surface area contributed by atoms with E-state index in [1.54, 1.807) is 12.1 Å². The molecule has 0 spiro atoms. The van der Waals surface area contributed by atoms with Gasteiger partial charge in [0.05, 0.1) is 6.10 Å². The van der Waals surface area contributed by atoms with E-state index in [1.807, 2.05) is 6.92 Å². The number of hydrogen-bond donors (Lipinski definition) is 1. The Morgan fingerprint density at radius 3 is 2.30 bits per heavy atom. The molecule has 0 aliphatic rings. The van der Waals surface area contributed by atoms with Gasteiger partial charge in [0.15, 0.2) is 0 Å². The molecule has 0 saturated heterocycles. The third kappa shape index (κ3) is 3.78. The Morgan fingerprint density at radius 1 is 1.00 bits per heavy atom. The number of rotatable bonds is 4. The maximum atomic E-state index is 13.2. The van der Waals surface area contributed by atoms with Crippen molar-refractivity contribution < 1.29 is 13.9 Å². The monoisotopic (exact) mass is 296 g/mol. The summed E-state index contributed by atoms with van der Waals surface area (Å²) >= 11 is 5.92. The fourth-order valence-electron chi connectivity index (χ4n) is 2.13. The van der Waals surface area contributed by atoms with E-state index >= 15 is 0 Å². The van der Waals surface area contributed by atoms with Gasteiger partial charge in [0.25, 0.3) is 0 Å². The van der Waals surface area contributed by atoms with Gasteiger partial charge in [-0.25, -0.2) is 8.78 Å². The Bertz CT molecular complexity index is 613. The van der Waals surface area contributed by atoms with Crippen LogP contribution in [0.2, 0.25) is 5.02 Å². The molecule has 0 aromatic heterocycles. The highest BCUT2D eigenvalue weighted by Gasteiger charge is 2.12. The molecule has 0 aliphatic heterocycles. The minimum Gasteiger partial charge on any atom is -0.392 e. The highest BCUT2D eigenvalue weighted by atomic mass is 35.5. The molecule has 1 unspecified atom stereocenters. The summed E-state index contributed by atoms with van der Waals surface area (Å²) in [6.45, 7) is 1.87. The van der Waals surface area contributed by atoms with E-state index in [9.17, 15) is 13.9 Å². The Balaban J connectivity index is 2.08. The van der Waals surface area contributed by atoms with Crippen molar-refractivity contribution in [3.63, 3.8) is 0 Å². The maximum absolute atomic E-state index is 13.2. The van der Waals surface area contributed by atoms with Crippen molar-refractivity contribution in [2.75, 3.05) is 0 Å². The first-order valence-corrected chi connectivity index (χ1v) is 6.70. The van der Waals surface area contributed by atoms with Crippen LogP contribution in [-0.2, 0) is 12.8 Å². The summed E-state index contributed by atoms with van der Waals surface area (Å²) in [5.41, 5.74) is 2.36. The summed E-state index contributed by atoms with van der Waals surface area (Å²) in [5, 5.41) is 10.4. The molecule has 106 valence electrons. The highest BCUT2D eigenvalue weighted by molar-refractivity contribution is 6.31. The average molecular weight is 297 g/mol. The van der Waals surface area contributed by atoms with Gasteiger partial charge in [0.2, 0.25) is 0 Å². The molecular formula is C16H15ClF2O. The Morgan fingerprint density at radius 2 is 1.60 bits per heavy atom. The topological polar surface area (TPSA) is 20.2 Å². The first-order chi connectivity index (χ1) is 9.45. The van der Waals surface area contributed by atoms with Crippen LogP contribution in [0.5, 0.6) is 0 Å². The van der Waals surface area contributed by atoms with Crippen molar-refractivity contribution >= 4 is 11.6 Å². The summed E-state index contributed by atoms with van der Waals surface area (Å²) in [6, 6.07) is 8.58. The van der Waals surface area contributed by atoms with Gasteiger partial charge in [-0.3, -0.25) is 0 Å². The number of aryl methyl sites for hydroxylation is 1. The molecular weight excluding hydrogens is 282 g/mol. The molecule has 1 atom stereocenters. The van der Waals surface area contributed by atoms with Crippen LogP contribution in [0.3, 0.4) is 0 Å². The second-order valence-corrected chi connectivity index (χ2v) is 5.28. The van der Waals surface area contributed by atoms with Crippen LogP contribution in [-0.4, -0.2) is 11.2 Å². The quantitative estimate of drug-likeness (QED) is 0.901. The van der Waals surface area contributed by atoms with E-state index in [4.69, 9.17) is 11.6 Å². The molecule has 20 heavy (non-hydrogen) atoms. The molecule has 2 rings (SSSR count). The Kier molecular flexibility index (Phi) is 4.73.